The smallest absolute Gasteiger partial charge is 0.293 e. The van der Waals surface area contributed by atoms with Crippen LogP contribution in [0.25, 0.3) is 6.08 Å². The maximum absolute atomic E-state index is 14.0. The lowest BCUT2D eigenvalue weighted by atomic mass is 10.1. The third kappa shape index (κ3) is 4.09. The topological polar surface area (TPSA) is 55.8 Å². The third-order valence-corrected chi connectivity index (χ3v) is 5.18. The van der Waals surface area contributed by atoms with Crippen molar-refractivity contribution in [3.8, 4) is 11.5 Å². The van der Waals surface area contributed by atoms with Gasteiger partial charge in [-0.1, -0.05) is 17.7 Å². The van der Waals surface area contributed by atoms with E-state index in [2.05, 4.69) is 0 Å². The van der Waals surface area contributed by atoms with Gasteiger partial charge in [0.15, 0.2) is 0 Å². The number of hydrogen-bond acceptors (Lipinski definition) is 5. The van der Waals surface area contributed by atoms with Crippen molar-refractivity contribution < 1.29 is 23.5 Å². The van der Waals surface area contributed by atoms with Gasteiger partial charge in [-0.05, 0) is 47.7 Å². The first-order chi connectivity index (χ1) is 12.9. The number of methoxy groups -OCH3 is 2. The van der Waals surface area contributed by atoms with Gasteiger partial charge in [0, 0.05) is 16.7 Å². The summed E-state index contributed by atoms with van der Waals surface area (Å²) in [5, 5.41) is -0.323. The molecule has 0 radical (unpaired) electrons. The minimum Gasteiger partial charge on any atom is -0.497 e. The number of halogens is 2. The molecule has 2 aromatic rings. The number of nitrogens with zero attached hydrogens (tertiary/aromatic N) is 1. The van der Waals surface area contributed by atoms with Crippen molar-refractivity contribution >= 4 is 40.6 Å². The molecular weight excluding hydrogens is 393 g/mol. The summed E-state index contributed by atoms with van der Waals surface area (Å²) in [7, 11) is 3.04. The molecule has 3 rings (SSSR count). The molecule has 2 aromatic carbocycles. The highest BCUT2D eigenvalue weighted by molar-refractivity contribution is 8.18. The van der Waals surface area contributed by atoms with E-state index in [4.69, 9.17) is 21.1 Å². The summed E-state index contributed by atoms with van der Waals surface area (Å²) < 4.78 is 24.4. The van der Waals surface area contributed by atoms with E-state index < -0.39 is 17.0 Å². The fraction of sp³-hybridized carbons (Fsp3) is 0.158. The second-order valence-electron chi connectivity index (χ2n) is 5.61. The molecule has 5 nitrogen and oxygen atoms in total. The van der Waals surface area contributed by atoms with Gasteiger partial charge in [-0.3, -0.25) is 14.5 Å². The van der Waals surface area contributed by atoms with Crippen LogP contribution in [0.15, 0.2) is 41.3 Å². The summed E-state index contributed by atoms with van der Waals surface area (Å²) in [6.45, 7) is -0.227. The Balaban J connectivity index is 1.89. The van der Waals surface area contributed by atoms with E-state index in [0.29, 0.717) is 17.1 Å². The van der Waals surface area contributed by atoms with E-state index in [1.807, 2.05) is 0 Å². The van der Waals surface area contributed by atoms with Gasteiger partial charge in [0.05, 0.1) is 25.7 Å². The van der Waals surface area contributed by atoms with Crippen LogP contribution in [0.5, 0.6) is 11.5 Å². The van der Waals surface area contributed by atoms with Crippen LogP contribution < -0.4 is 9.47 Å². The SMILES string of the molecule is COc1cc(/C=C2\SC(=O)N(Cc3c(F)cccc3Cl)C2=O)cc(OC)c1. The highest BCUT2D eigenvalue weighted by Gasteiger charge is 2.35. The van der Waals surface area contributed by atoms with Crippen LogP contribution in [-0.4, -0.2) is 30.3 Å². The van der Waals surface area contributed by atoms with E-state index in [1.165, 1.54) is 32.4 Å². The standard InChI is InChI=1S/C19H15ClFNO4S/c1-25-12-6-11(7-13(9-12)26-2)8-17-18(23)22(19(24)27-17)10-14-15(20)4-3-5-16(14)21/h3-9H,10H2,1-2H3/b17-8-. The number of amides is 2. The van der Waals surface area contributed by atoms with Gasteiger partial charge >= 0.3 is 0 Å². The number of imide groups is 1. The van der Waals surface area contributed by atoms with Crippen LogP contribution in [0, 0.1) is 5.82 Å². The van der Waals surface area contributed by atoms with E-state index in [1.54, 1.807) is 24.3 Å². The van der Waals surface area contributed by atoms with Crippen LogP contribution >= 0.6 is 23.4 Å². The first kappa shape index (κ1) is 19.3. The van der Waals surface area contributed by atoms with Crippen molar-refractivity contribution in [3.05, 3.63) is 63.3 Å². The third-order valence-electron chi connectivity index (χ3n) is 3.92. The van der Waals surface area contributed by atoms with E-state index in [-0.39, 0.29) is 22.0 Å². The minimum absolute atomic E-state index is 0.103. The predicted octanol–water partition coefficient (Wildman–Crippen LogP) is 4.73. The van der Waals surface area contributed by atoms with Gasteiger partial charge in [-0.2, -0.15) is 0 Å². The van der Waals surface area contributed by atoms with Crippen LogP contribution in [0.2, 0.25) is 5.02 Å². The summed E-state index contributed by atoms with van der Waals surface area (Å²) in [6, 6.07) is 9.33. The summed E-state index contributed by atoms with van der Waals surface area (Å²) in [4.78, 5) is 26.1. The van der Waals surface area contributed by atoms with Gasteiger partial charge in [-0.25, -0.2) is 4.39 Å². The molecule has 0 atom stereocenters. The molecule has 8 heteroatoms. The molecule has 1 fully saturated rings. The molecule has 1 saturated heterocycles. The van der Waals surface area contributed by atoms with Crippen molar-refractivity contribution in [3.63, 3.8) is 0 Å². The first-order valence-corrected chi connectivity index (χ1v) is 9.03. The molecule has 2 amide bonds. The van der Waals surface area contributed by atoms with Crippen LogP contribution in [-0.2, 0) is 11.3 Å². The second kappa shape index (κ2) is 8.02. The fourth-order valence-electron chi connectivity index (χ4n) is 2.54. The van der Waals surface area contributed by atoms with Crippen molar-refractivity contribution in [2.24, 2.45) is 0 Å². The number of thioether (sulfide) groups is 1. The minimum atomic E-state index is -0.567. The molecule has 1 aliphatic heterocycles. The predicted molar refractivity (Wildman–Crippen MR) is 102 cm³/mol. The van der Waals surface area contributed by atoms with Crippen LogP contribution in [0.1, 0.15) is 11.1 Å². The van der Waals surface area contributed by atoms with E-state index in [9.17, 15) is 14.0 Å². The summed E-state index contributed by atoms with van der Waals surface area (Å²) in [5.74, 6) is 0.0325. The lowest BCUT2D eigenvalue weighted by molar-refractivity contribution is -0.123. The molecule has 27 heavy (non-hydrogen) atoms. The lowest BCUT2D eigenvalue weighted by Gasteiger charge is -2.14. The zero-order valence-corrected chi connectivity index (χ0v) is 16.1. The molecule has 0 aliphatic carbocycles. The zero-order chi connectivity index (χ0) is 19.6. The molecule has 0 bridgehead atoms. The van der Waals surface area contributed by atoms with Gasteiger partial charge in [0.1, 0.15) is 17.3 Å². The quantitative estimate of drug-likeness (QED) is 0.670. The van der Waals surface area contributed by atoms with Crippen LogP contribution in [0.3, 0.4) is 0 Å². The normalized spacial score (nSPS) is 15.6. The number of benzene rings is 2. The molecule has 0 unspecified atom stereocenters. The molecule has 0 N–H and O–H groups in total. The summed E-state index contributed by atoms with van der Waals surface area (Å²) in [6.07, 6.45) is 1.57. The Bertz CT molecular complexity index is 905. The average molecular weight is 408 g/mol. The van der Waals surface area contributed by atoms with Gasteiger partial charge in [0.25, 0.3) is 11.1 Å². The van der Waals surface area contributed by atoms with Crippen molar-refractivity contribution in [1.29, 1.82) is 0 Å². The molecular formula is C19H15ClFNO4S. The monoisotopic (exact) mass is 407 g/mol. The molecule has 0 saturated carbocycles. The molecule has 1 aliphatic rings. The highest BCUT2D eigenvalue weighted by Crippen LogP contribution is 2.35. The molecule has 140 valence electrons. The molecule has 0 aromatic heterocycles. The zero-order valence-electron chi connectivity index (χ0n) is 14.5. The Morgan fingerprint density at radius 2 is 1.81 bits per heavy atom. The van der Waals surface area contributed by atoms with Gasteiger partial charge in [-0.15, -0.1) is 0 Å². The maximum atomic E-state index is 14.0. The number of rotatable bonds is 5. The Morgan fingerprint density at radius 3 is 2.41 bits per heavy atom. The van der Waals surface area contributed by atoms with Crippen LogP contribution in [0.4, 0.5) is 9.18 Å². The van der Waals surface area contributed by atoms with Gasteiger partial charge < -0.3 is 9.47 Å². The largest absolute Gasteiger partial charge is 0.497 e. The second-order valence-corrected chi connectivity index (χ2v) is 7.01. The molecule has 1 heterocycles. The number of hydrogen-bond donors (Lipinski definition) is 0. The Hall–Kier alpha value is -2.51. The Morgan fingerprint density at radius 1 is 1.15 bits per heavy atom. The average Bonchev–Trinajstić information content (AvgIpc) is 2.91. The summed E-state index contributed by atoms with van der Waals surface area (Å²) in [5.41, 5.74) is 0.742. The maximum Gasteiger partial charge on any atom is 0.293 e. The first-order valence-electron chi connectivity index (χ1n) is 7.84. The highest BCUT2D eigenvalue weighted by atomic mass is 35.5. The van der Waals surface area contributed by atoms with Crippen molar-refractivity contribution in [1.82, 2.24) is 4.90 Å². The Kier molecular flexibility index (Phi) is 5.72. The lowest BCUT2D eigenvalue weighted by Crippen LogP contribution is -2.28. The number of carbonyl (C=O) groups is 2. The van der Waals surface area contributed by atoms with E-state index >= 15 is 0 Å². The van der Waals surface area contributed by atoms with Crippen molar-refractivity contribution in [2.45, 2.75) is 6.54 Å². The number of carbonyl (C=O) groups excluding carboxylic acids is 2. The number of ether oxygens (including phenoxy) is 2. The van der Waals surface area contributed by atoms with Gasteiger partial charge in [0.2, 0.25) is 0 Å². The Labute approximate surface area is 164 Å². The van der Waals surface area contributed by atoms with E-state index in [0.717, 1.165) is 16.7 Å². The molecule has 0 spiro atoms. The van der Waals surface area contributed by atoms with Crippen molar-refractivity contribution in [2.75, 3.05) is 14.2 Å². The fourth-order valence-corrected chi connectivity index (χ4v) is 3.60. The summed E-state index contributed by atoms with van der Waals surface area (Å²) >= 11 is 6.78.